The van der Waals surface area contributed by atoms with E-state index in [1.807, 2.05) is 0 Å². The summed E-state index contributed by atoms with van der Waals surface area (Å²) in [6.45, 7) is 0.556. The van der Waals surface area contributed by atoms with Gasteiger partial charge in [0, 0.05) is 25.2 Å². The van der Waals surface area contributed by atoms with Crippen molar-refractivity contribution in [2.45, 2.75) is 68.4 Å². The van der Waals surface area contributed by atoms with E-state index in [1.54, 1.807) is 0 Å². The van der Waals surface area contributed by atoms with Crippen molar-refractivity contribution >= 4 is 28.3 Å². The van der Waals surface area contributed by atoms with E-state index in [0.717, 1.165) is 12.8 Å². The number of carbonyl (C=O) groups is 1. The molecule has 1 aromatic rings. The predicted molar refractivity (Wildman–Crippen MR) is 129 cm³/mol. The average molecular weight is 508 g/mol. The third kappa shape index (κ3) is 9.29. The molecule has 5 N–H and O–H groups in total. The van der Waals surface area contributed by atoms with Gasteiger partial charge >= 0.3 is 0 Å². The van der Waals surface area contributed by atoms with Gasteiger partial charge in [-0.05, 0) is 37.3 Å². The van der Waals surface area contributed by atoms with Gasteiger partial charge in [-0.3, -0.25) is 4.79 Å². The lowest BCUT2D eigenvalue weighted by atomic mass is 9.84. The Kier molecular flexibility index (Phi) is 13.0. The monoisotopic (exact) mass is 507 g/mol. The van der Waals surface area contributed by atoms with E-state index in [2.05, 4.69) is 10.0 Å². The van der Waals surface area contributed by atoms with E-state index < -0.39 is 28.1 Å². The fourth-order valence-corrected chi connectivity index (χ4v) is 5.06. The molecule has 190 valence electrons. The summed E-state index contributed by atoms with van der Waals surface area (Å²) in [6, 6.07) is 3.82. The van der Waals surface area contributed by atoms with Crippen LogP contribution in [0.3, 0.4) is 0 Å². The smallest absolute Gasteiger partial charge is 0.250 e. The Labute approximate surface area is 203 Å². The van der Waals surface area contributed by atoms with Gasteiger partial charge in [0.15, 0.2) is 11.5 Å². The van der Waals surface area contributed by atoms with Crippen LogP contribution in [0.1, 0.15) is 51.4 Å². The van der Waals surface area contributed by atoms with Crippen molar-refractivity contribution in [2.24, 2.45) is 11.7 Å². The second kappa shape index (κ2) is 14.6. The number of methoxy groups -OCH3 is 2. The number of ether oxygens (including phenoxy) is 2. The number of hydrogen-bond acceptors (Lipinski definition) is 7. The molecule has 1 aliphatic rings. The normalized spacial score (nSPS) is 16.4. The molecule has 0 aliphatic heterocycles. The van der Waals surface area contributed by atoms with E-state index in [9.17, 15) is 18.3 Å². The number of sulfonamides is 1. The fraction of sp³-hybridized carbons (Fsp3) is 0.682. The summed E-state index contributed by atoms with van der Waals surface area (Å²) in [4.78, 5) is 12.2. The van der Waals surface area contributed by atoms with Gasteiger partial charge in [0.25, 0.3) is 0 Å². The van der Waals surface area contributed by atoms with Gasteiger partial charge in [0.2, 0.25) is 15.9 Å². The number of nitrogens with one attached hydrogen (secondary N) is 2. The number of hydrogen-bond donors (Lipinski definition) is 4. The highest BCUT2D eigenvalue weighted by Crippen LogP contribution is 2.29. The lowest BCUT2D eigenvalue weighted by Gasteiger charge is -2.26. The van der Waals surface area contributed by atoms with Gasteiger partial charge in [0.1, 0.15) is 6.10 Å². The SMILES string of the molecule is COc1ccc(S(=O)(=O)NCCCCNC(=O)C(O)[C@H](N)CC2CCCCC2)cc1OC.Cl. The predicted octanol–water partition coefficient (Wildman–Crippen LogP) is 1.96. The van der Waals surface area contributed by atoms with E-state index in [4.69, 9.17) is 15.2 Å². The largest absolute Gasteiger partial charge is 0.493 e. The standard InChI is InChI=1S/C22H37N3O6S.ClH/c1-30-19-11-10-17(15-20(19)31-2)32(28,29)25-13-7-6-12-24-22(27)21(26)18(23)14-16-8-4-3-5-9-16;/h10-11,15-16,18,21,25-26H,3-9,12-14,23H2,1-2H3,(H,24,27);1H/t18-,21?;/m1./s1. The number of carbonyl (C=O) groups excluding carboxylic acids is 1. The Bertz CT molecular complexity index is 833. The molecule has 2 rings (SSSR count). The molecule has 0 heterocycles. The van der Waals surface area contributed by atoms with Gasteiger partial charge in [-0.2, -0.15) is 0 Å². The van der Waals surface area contributed by atoms with Crippen molar-refractivity contribution in [2.75, 3.05) is 27.3 Å². The number of halogens is 1. The zero-order valence-electron chi connectivity index (χ0n) is 19.4. The Hall–Kier alpha value is -1.59. The van der Waals surface area contributed by atoms with Gasteiger partial charge in [-0.25, -0.2) is 13.1 Å². The Morgan fingerprint density at radius 2 is 1.76 bits per heavy atom. The van der Waals surface area contributed by atoms with Crippen molar-refractivity contribution in [3.63, 3.8) is 0 Å². The van der Waals surface area contributed by atoms with Crippen molar-refractivity contribution in [3.05, 3.63) is 18.2 Å². The lowest BCUT2D eigenvalue weighted by Crippen LogP contribution is -2.47. The number of nitrogens with two attached hydrogens (primary N) is 1. The second-order valence-corrected chi connectivity index (χ2v) is 10.0. The van der Waals surface area contributed by atoms with Crippen molar-refractivity contribution in [3.8, 4) is 11.5 Å². The van der Waals surface area contributed by atoms with Crippen LogP contribution in [0.25, 0.3) is 0 Å². The molecule has 33 heavy (non-hydrogen) atoms. The van der Waals surface area contributed by atoms with Crippen LogP contribution in [0.2, 0.25) is 0 Å². The van der Waals surface area contributed by atoms with Crippen LogP contribution < -0.4 is 25.2 Å². The summed E-state index contributed by atoms with van der Waals surface area (Å²) in [5.41, 5.74) is 6.04. The molecule has 0 aromatic heterocycles. The van der Waals surface area contributed by atoms with Crippen LogP contribution in [0, 0.1) is 5.92 Å². The molecule has 9 nitrogen and oxygen atoms in total. The molecule has 0 bridgehead atoms. The molecule has 1 unspecified atom stereocenters. The summed E-state index contributed by atoms with van der Waals surface area (Å²) in [5.74, 6) is 0.792. The maximum atomic E-state index is 12.4. The van der Waals surface area contributed by atoms with Gasteiger partial charge < -0.3 is 25.6 Å². The van der Waals surface area contributed by atoms with E-state index >= 15 is 0 Å². The van der Waals surface area contributed by atoms with E-state index in [1.165, 1.54) is 51.7 Å². The zero-order chi connectivity index (χ0) is 23.6. The average Bonchev–Trinajstić information content (AvgIpc) is 2.80. The maximum Gasteiger partial charge on any atom is 0.250 e. The van der Waals surface area contributed by atoms with Crippen LogP contribution in [-0.4, -0.2) is 58.9 Å². The first-order chi connectivity index (χ1) is 15.3. The summed E-state index contributed by atoms with van der Waals surface area (Å²) in [7, 11) is -0.771. The van der Waals surface area contributed by atoms with Crippen LogP contribution in [-0.2, 0) is 14.8 Å². The van der Waals surface area contributed by atoms with Crippen molar-refractivity contribution in [1.29, 1.82) is 0 Å². The highest BCUT2D eigenvalue weighted by atomic mass is 35.5. The minimum Gasteiger partial charge on any atom is -0.493 e. The molecular weight excluding hydrogens is 470 g/mol. The van der Waals surface area contributed by atoms with Crippen molar-refractivity contribution < 1.29 is 27.8 Å². The molecule has 1 fully saturated rings. The topological polar surface area (TPSA) is 140 Å². The molecule has 1 aliphatic carbocycles. The molecule has 1 aromatic carbocycles. The molecule has 2 atom stereocenters. The summed E-state index contributed by atoms with van der Waals surface area (Å²) in [5, 5.41) is 12.9. The number of benzene rings is 1. The number of rotatable bonds is 13. The highest BCUT2D eigenvalue weighted by Gasteiger charge is 2.26. The molecule has 1 saturated carbocycles. The minimum absolute atomic E-state index is 0. The van der Waals surface area contributed by atoms with Crippen LogP contribution in [0.5, 0.6) is 11.5 Å². The summed E-state index contributed by atoms with van der Waals surface area (Å²) >= 11 is 0. The highest BCUT2D eigenvalue weighted by molar-refractivity contribution is 7.89. The third-order valence-electron chi connectivity index (χ3n) is 5.86. The Morgan fingerprint density at radius 3 is 2.39 bits per heavy atom. The molecular formula is C22H38ClN3O6S. The number of aliphatic hydroxyl groups is 1. The number of amides is 1. The third-order valence-corrected chi connectivity index (χ3v) is 7.32. The number of unbranched alkanes of at least 4 members (excludes halogenated alkanes) is 1. The van der Waals surface area contributed by atoms with Gasteiger partial charge in [-0.15, -0.1) is 12.4 Å². The number of aliphatic hydroxyl groups excluding tert-OH is 1. The molecule has 0 saturated heterocycles. The Morgan fingerprint density at radius 1 is 1.12 bits per heavy atom. The lowest BCUT2D eigenvalue weighted by molar-refractivity contribution is -0.130. The van der Waals surface area contributed by atoms with Gasteiger partial charge in [0.05, 0.1) is 19.1 Å². The summed E-state index contributed by atoms with van der Waals surface area (Å²) < 4.78 is 37.7. The molecule has 0 spiro atoms. The Balaban J connectivity index is 0.00000544. The quantitative estimate of drug-likeness (QED) is 0.299. The van der Waals surface area contributed by atoms with Crippen molar-refractivity contribution in [1.82, 2.24) is 10.0 Å². The molecule has 1 amide bonds. The van der Waals surface area contributed by atoms with Gasteiger partial charge in [-0.1, -0.05) is 32.1 Å². The first-order valence-corrected chi connectivity index (χ1v) is 12.7. The maximum absolute atomic E-state index is 12.4. The van der Waals surface area contributed by atoms with Crippen LogP contribution in [0.15, 0.2) is 23.1 Å². The van der Waals surface area contributed by atoms with E-state index in [-0.39, 0.29) is 23.8 Å². The summed E-state index contributed by atoms with van der Waals surface area (Å²) in [6.07, 6.45) is 6.38. The molecule has 0 radical (unpaired) electrons. The minimum atomic E-state index is -3.69. The second-order valence-electron chi connectivity index (χ2n) is 8.26. The first-order valence-electron chi connectivity index (χ1n) is 11.2. The van der Waals surface area contributed by atoms with Crippen LogP contribution in [0.4, 0.5) is 0 Å². The zero-order valence-corrected chi connectivity index (χ0v) is 21.1. The fourth-order valence-electron chi connectivity index (χ4n) is 3.97. The molecule has 11 heteroatoms. The first kappa shape index (κ1) is 29.4. The van der Waals surface area contributed by atoms with Crippen LogP contribution >= 0.6 is 12.4 Å². The van der Waals surface area contributed by atoms with E-state index in [0.29, 0.717) is 43.2 Å².